The standard InChI is InChI=1S/C14H20ClFN2/c1-18(2)14(7-3-4-8-14)13(17)11-9-10(16)5-6-12(11)15/h5-6,9,13H,3-4,7-8,17H2,1-2H3. The molecule has 2 nitrogen and oxygen atoms in total. The lowest BCUT2D eigenvalue weighted by atomic mass is 9.83. The summed E-state index contributed by atoms with van der Waals surface area (Å²) in [6.07, 6.45) is 4.40. The maximum absolute atomic E-state index is 13.4. The molecule has 2 N–H and O–H groups in total. The molecule has 0 aromatic heterocycles. The topological polar surface area (TPSA) is 29.3 Å². The van der Waals surface area contributed by atoms with Crippen LogP contribution >= 0.6 is 11.6 Å². The number of nitrogens with two attached hydrogens (primary N) is 1. The van der Waals surface area contributed by atoms with Crippen molar-refractivity contribution >= 4 is 11.6 Å². The number of rotatable bonds is 3. The van der Waals surface area contributed by atoms with E-state index in [1.807, 2.05) is 14.1 Å². The molecule has 100 valence electrons. The molecule has 0 radical (unpaired) electrons. The van der Waals surface area contributed by atoms with Crippen molar-refractivity contribution in [2.75, 3.05) is 14.1 Å². The van der Waals surface area contributed by atoms with Gasteiger partial charge in [-0.05, 0) is 50.7 Å². The molecule has 0 amide bonds. The molecule has 1 fully saturated rings. The summed E-state index contributed by atoms with van der Waals surface area (Å²) >= 11 is 6.17. The first-order valence-electron chi connectivity index (χ1n) is 6.35. The molecule has 0 saturated heterocycles. The fourth-order valence-corrected chi connectivity index (χ4v) is 3.30. The van der Waals surface area contributed by atoms with E-state index in [-0.39, 0.29) is 17.4 Å². The lowest BCUT2D eigenvalue weighted by molar-refractivity contribution is 0.123. The Morgan fingerprint density at radius 3 is 2.50 bits per heavy atom. The van der Waals surface area contributed by atoms with Gasteiger partial charge in [0, 0.05) is 16.6 Å². The van der Waals surface area contributed by atoms with Crippen LogP contribution in [0.1, 0.15) is 37.3 Å². The van der Waals surface area contributed by atoms with Crippen LogP contribution in [0.15, 0.2) is 18.2 Å². The molecule has 0 heterocycles. The maximum Gasteiger partial charge on any atom is 0.123 e. The predicted octanol–water partition coefficient (Wildman–Crippen LogP) is 3.35. The Morgan fingerprint density at radius 1 is 1.33 bits per heavy atom. The molecule has 1 saturated carbocycles. The summed E-state index contributed by atoms with van der Waals surface area (Å²) in [6.45, 7) is 0. The smallest absolute Gasteiger partial charge is 0.123 e. The summed E-state index contributed by atoms with van der Waals surface area (Å²) in [6, 6.07) is 4.18. The Hall–Kier alpha value is -0.640. The second-order valence-electron chi connectivity index (χ2n) is 5.35. The van der Waals surface area contributed by atoms with Crippen LogP contribution in [-0.4, -0.2) is 24.5 Å². The van der Waals surface area contributed by atoms with E-state index >= 15 is 0 Å². The molecule has 0 bridgehead atoms. The number of halogens is 2. The van der Waals surface area contributed by atoms with Gasteiger partial charge in [0.2, 0.25) is 0 Å². The minimum atomic E-state index is -0.281. The van der Waals surface area contributed by atoms with E-state index in [2.05, 4.69) is 4.90 Å². The van der Waals surface area contributed by atoms with Crippen molar-refractivity contribution in [1.82, 2.24) is 4.90 Å². The Morgan fingerprint density at radius 2 is 1.94 bits per heavy atom. The molecule has 1 aromatic rings. The molecule has 1 unspecified atom stereocenters. The van der Waals surface area contributed by atoms with Crippen molar-refractivity contribution in [3.8, 4) is 0 Å². The third-order valence-corrected chi connectivity index (χ3v) is 4.58. The van der Waals surface area contributed by atoms with Crippen LogP contribution in [0, 0.1) is 5.82 Å². The molecule has 4 heteroatoms. The maximum atomic E-state index is 13.4. The number of nitrogens with zero attached hydrogens (tertiary/aromatic N) is 1. The Balaban J connectivity index is 2.39. The van der Waals surface area contributed by atoms with E-state index in [1.54, 1.807) is 6.07 Å². The van der Waals surface area contributed by atoms with Crippen LogP contribution in [0.25, 0.3) is 0 Å². The zero-order chi connectivity index (χ0) is 13.3. The quantitative estimate of drug-likeness (QED) is 0.913. The fourth-order valence-electron chi connectivity index (χ4n) is 3.07. The highest BCUT2D eigenvalue weighted by molar-refractivity contribution is 6.31. The van der Waals surface area contributed by atoms with Crippen molar-refractivity contribution in [1.29, 1.82) is 0 Å². The highest BCUT2D eigenvalue weighted by Gasteiger charge is 2.42. The highest BCUT2D eigenvalue weighted by Crippen LogP contribution is 2.43. The van der Waals surface area contributed by atoms with Gasteiger partial charge in [0.15, 0.2) is 0 Å². The molecular formula is C14H20ClFN2. The molecular weight excluding hydrogens is 251 g/mol. The van der Waals surface area contributed by atoms with Crippen LogP contribution in [-0.2, 0) is 0 Å². The van der Waals surface area contributed by atoms with Crippen molar-refractivity contribution in [3.05, 3.63) is 34.6 Å². The molecule has 0 aliphatic heterocycles. The monoisotopic (exact) mass is 270 g/mol. The van der Waals surface area contributed by atoms with Gasteiger partial charge in [-0.1, -0.05) is 24.4 Å². The molecule has 2 rings (SSSR count). The summed E-state index contributed by atoms with van der Waals surface area (Å²) in [7, 11) is 4.08. The van der Waals surface area contributed by atoms with Crippen LogP contribution < -0.4 is 5.73 Å². The van der Waals surface area contributed by atoms with Gasteiger partial charge in [-0.25, -0.2) is 4.39 Å². The second kappa shape index (κ2) is 5.16. The summed E-state index contributed by atoms with van der Waals surface area (Å²) in [5.41, 5.74) is 7.03. The van der Waals surface area contributed by atoms with E-state index in [4.69, 9.17) is 17.3 Å². The number of benzene rings is 1. The lowest BCUT2D eigenvalue weighted by Gasteiger charge is -2.42. The number of likely N-dealkylation sites (N-methyl/N-ethyl adjacent to an activating group) is 1. The first-order valence-corrected chi connectivity index (χ1v) is 6.73. The van der Waals surface area contributed by atoms with Crippen LogP contribution in [0.5, 0.6) is 0 Å². The van der Waals surface area contributed by atoms with Crippen molar-refractivity contribution < 1.29 is 4.39 Å². The fraction of sp³-hybridized carbons (Fsp3) is 0.571. The van der Waals surface area contributed by atoms with E-state index < -0.39 is 0 Å². The number of hydrogen-bond donors (Lipinski definition) is 1. The van der Waals surface area contributed by atoms with E-state index in [1.165, 1.54) is 25.0 Å². The van der Waals surface area contributed by atoms with Crippen LogP contribution in [0.2, 0.25) is 5.02 Å². The minimum absolute atomic E-state index is 0.0998. The largest absolute Gasteiger partial charge is 0.322 e. The first-order chi connectivity index (χ1) is 8.47. The minimum Gasteiger partial charge on any atom is -0.322 e. The second-order valence-corrected chi connectivity index (χ2v) is 5.76. The average Bonchev–Trinajstić information content (AvgIpc) is 2.82. The van der Waals surface area contributed by atoms with Crippen molar-refractivity contribution in [3.63, 3.8) is 0 Å². The predicted molar refractivity (Wildman–Crippen MR) is 73.2 cm³/mol. The first kappa shape index (κ1) is 13.8. The number of hydrogen-bond acceptors (Lipinski definition) is 2. The van der Waals surface area contributed by atoms with E-state index in [0.29, 0.717) is 10.6 Å². The van der Waals surface area contributed by atoms with Gasteiger partial charge in [-0.3, -0.25) is 0 Å². The SMILES string of the molecule is CN(C)C1(C(N)c2cc(F)ccc2Cl)CCCC1. The molecule has 18 heavy (non-hydrogen) atoms. The summed E-state index contributed by atoms with van der Waals surface area (Å²) in [5.74, 6) is -0.281. The van der Waals surface area contributed by atoms with E-state index in [0.717, 1.165) is 12.8 Å². The summed E-state index contributed by atoms with van der Waals surface area (Å²) in [4.78, 5) is 2.17. The van der Waals surface area contributed by atoms with Crippen LogP contribution in [0.3, 0.4) is 0 Å². The Bertz CT molecular complexity index is 428. The van der Waals surface area contributed by atoms with Crippen molar-refractivity contribution in [2.45, 2.75) is 37.3 Å². The lowest BCUT2D eigenvalue weighted by Crippen LogP contribution is -2.50. The molecule has 1 aliphatic rings. The molecule has 1 atom stereocenters. The van der Waals surface area contributed by atoms with Gasteiger partial charge in [0.25, 0.3) is 0 Å². The van der Waals surface area contributed by atoms with Gasteiger partial charge in [0.05, 0.1) is 0 Å². The van der Waals surface area contributed by atoms with Gasteiger partial charge >= 0.3 is 0 Å². The van der Waals surface area contributed by atoms with Gasteiger partial charge < -0.3 is 10.6 Å². The highest BCUT2D eigenvalue weighted by atomic mass is 35.5. The normalized spacial score (nSPS) is 20.3. The van der Waals surface area contributed by atoms with Crippen molar-refractivity contribution in [2.24, 2.45) is 5.73 Å². The zero-order valence-electron chi connectivity index (χ0n) is 10.9. The van der Waals surface area contributed by atoms with Gasteiger partial charge in [-0.2, -0.15) is 0 Å². The zero-order valence-corrected chi connectivity index (χ0v) is 11.7. The van der Waals surface area contributed by atoms with Gasteiger partial charge in [-0.15, -0.1) is 0 Å². The Labute approximate surface area is 113 Å². The molecule has 1 aromatic carbocycles. The average molecular weight is 271 g/mol. The third kappa shape index (κ3) is 2.27. The molecule has 1 aliphatic carbocycles. The third-order valence-electron chi connectivity index (χ3n) is 4.23. The summed E-state index contributed by atoms with van der Waals surface area (Å²) in [5, 5.41) is 0.553. The van der Waals surface area contributed by atoms with Gasteiger partial charge in [0.1, 0.15) is 5.82 Å². The summed E-state index contributed by atoms with van der Waals surface area (Å²) < 4.78 is 13.4. The molecule has 0 spiro atoms. The van der Waals surface area contributed by atoms with Crippen LogP contribution in [0.4, 0.5) is 4.39 Å². The van der Waals surface area contributed by atoms with E-state index in [9.17, 15) is 4.39 Å². The Kier molecular flexibility index (Phi) is 3.95.